The van der Waals surface area contributed by atoms with Crippen molar-refractivity contribution in [2.45, 2.75) is 20.5 Å². The minimum atomic E-state index is -3.08. The van der Waals surface area contributed by atoms with Crippen molar-refractivity contribution in [3.63, 3.8) is 0 Å². The van der Waals surface area contributed by atoms with Crippen LogP contribution in [0.2, 0.25) is 0 Å². The molecule has 2 aromatic rings. The SMILES string of the molecule is COc1cccc(/C=C(\C#N)C(=O)Nc2ccc(C)c(C)c2)c1OC(F)F. The highest BCUT2D eigenvalue weighted by Crippen LogP contribution is 2.34. The Kier molecular flexibility index (Phi) is 6.50. The number of aryl methyl sites for hydroxylation is 2. The second-order valence-electron chi connectivity index (χ2n) is 5.68. The molecule has 1 amide bonds. The summed E-state index contributed by atoms with van der Waals surface area (Å²) in [5, 5.41) is 12.0. The normalized spacial score (nSPS) is 11.1. The predicted octanol–water partition coefficient (Wildman–Crippen LogP) is 4.46. The van der Waals surface area contributed by atoms with Gasteiger partial charge >= 0.3 is 6.61 Å². The third-order valence-corrected chi connectivity index (χ3v) is 3.87. The van der Waals surface area contributed by atoms with Gasteiger partial charge in [0.15, 0.2) is 11.5 Å². The summed E-state index contributed by atoms with van der Waals surface area (Å²) in [5.74, 6) is -0.843. The molecule has 0 saturated heterocycles. The first kappa shape index (κ1) is 19.9. The lowest BCUT2D eigenvalue weighted by molar-refractivity contribution is -0.112. The van der Waals surface area contributed by atoms with Crippen LogP contribution >= 0.6 is 0 Å². The van der Waals surface area contributed by atoms with E-state index in [1.54, 1.807) is 24.3 Å². The third-order valence-electron chi connectivity index (χ3n) is 3.87. The van der Waals surface area contributed by atoms with E-state index in [4.69, 9.17) is 4.74 Å². The van der Waals surface area contributed by atoms with Gasteiger partial charge in [-0.3, -0.25) is 4.79 Å². The summed E-state index contributed by atoms with van der Waals surface area (Å²) in [6.07, 6.45) is 1.18. The molecular formula is C20H18F2N2O3. The smallest absolute Gasteiger partial charge is 0.387 e. The first-order valence-electron chi connectivity index (χ1n) is 7.98. The number of para-hydroxylation sites is 1. The second-order valence-corrected chi connectivity index (χ2v) is 5.68. The van der Waals surface area contributed by atoms with E-state index in [1.165, 1.54) is 25.3 Å². The number of alkyl halides is 2. The van der Waals surface area contributed by atoms with Crippen LogP contribution in [0.4, 0.5) is 14.5 Å². The Morgan fingerprint density at radius 2 is 1.96 bits per heavy atom. The van der Waals surface area contributed by atoms with E-state index in [2.05, 4.69) is 10.1 Å². The molecule has 0 spiro atoms. The number of benzene rings is 2. The van der Waals surface area contributed by atoms with Gasteiger partial charge in [-0.15, -0.1) is 0 Å². The number of hydrogen-bond donors (Lipinski definition) is 1. The Morgan fingerprint density at radius 1 is 1.22 bits per heavy atom. The first-order valence-corrected chi connectivity index (χ1v) is 7.98. The van der Waals surface area contributed by atoms with Crippen molar-refractivity contribution in [3.8, 4) is 17.6 Å². The molecule has 0 aromatic heterocycles. The van der Waals surface area contributed by atoms with Gasteiger partial charge in [-0.2, -0.15) is 14.0 Å². The van der Waals surface area contributed by atoms with E-state index in [0.717, 1.165) is 11.1 Å². The summed E-state index contributed by atoms with van der Waals surface area (Å²) in [4.78, 5) is 12.4. The summed E-state index contributed by atoms with van der Waals surface area (Å²) < 4.78 is 34.9. The fourth-order valence-electron chi connectivity index (χ4n) is 2.34. The minimum Gasteiger partial charge on any atom is -0.493 e. The molecule has 0 aliphatic carbocycles. The van der Waals surface area contributed by atoms with Gasteiger partial charge in [-0.05, 0) is 49.2 Å². The molecule has 0 radical (unpaired) electrons. The highest BCUT2D eigenvalue weighted by atomic mass is 19.3. The van der Waals surface area contributed by atoms with Gasteiger partial charge in [0, 0.05) is 11.3 Å². The molecule has 140 valence electrons. The number of carbonyl (C=O) groups excluding carboxylic acids is 1. The highest BCUT2D eigenvalue weighted by molar-refractivity contribution is 6.09. The molecule has 0 fully saturated rings. The number of anilines is 1. The number of ether oxygens (including phenoxy) is 2. The van der Waals surface area contributed by atoms with E-state index >= 15 is 0 Å². The molecule has 2 rings (SSSR count). The van der Waals surface area contributed by atoms with Crippen molar-refractivity contribution < 1.29 is 23.0 Å². The van der Waals surface area contributed by atoms with Gasteiger partial charge in [-0.1, -0.05) is 18.2 Å². The lowest BCUT2D eigenvalue weighted by atomic mass is 10.1. The average Bonchev–Trinajstić information content (AvgIpc) is 2.63. The van der Waals surface area contributed by atoms with E-state index in [0.29, 0.717) is 5.69 Å². The predicted molar refractivity (Wildman–Crippen MR) is 97.8 cm³/mol. The third kappa shape index (κ3) is 5.05. The molecule has 27 heavy (non-hydrogen) atoms. The molecule has 5 nitrogen and oxygen atoms in total. The van der Waals surface area contributed by atoms with Gasteiger partial charge in [-0.25, -0.2) is 0 Å². The maximum atomic E-state index is 12.7. The fourth-order valence-corrected chi connectivity index (χ4v) is 2.34. The molecule has 0 aliphatic heterocycles. The zero-order valence-corrected chi connectivity index (χ0v) is 15.0. The summed E-state index contributed by atoms with van der Waals surface area (Å²) in [5.41, 5.74) is 2.44. The number of rotatable bonds is 6. The van der Waals surface area contributed by atoms with Crippen LogP contribution in [-0.4, -0.2) is 19.6 Å². The van der Waals surface area contributed by atoms with Crippen molar-refractivity contribution in [3.05, 3.63) is 58.7 Å². The molecule has 0 saturated carbocycles. The molecule has 0 unspecified atom stereocenters. The summed E-state index contributed by atoms with van der Waals surface area (Å²) in [7, 11) is 1.30. The molecular weight excluding hydrogens is 354 g/mol. The number of hydrogen-bond acceptors (Lipinski definition) is 4. The van der Waals surface area contributed by atoms with Crippen molar-refractivity contribution in [1.82, 2.24) is 0 Å². The van der Waals surface area contributed by atoms with Crippen LogP contribution in [-0.2, 0) is 4.79 Å². The van der Waals surface area contributed by atoms with Crippen LogP contribution < -0.4 is 14.8 Å². The standard InChI is InChI=1S/C20H18F2N2O3/c1-12-7-8-16(9-13(12)2)24-19(25)15(11-23)10-14-5-4-6-17(26-3)18(14)27-20(21)22/h4-10,20H,1-3H3,(H,24,25)/b15-10+. The van der Waals surface area contributed by atoms with Crippen LogP contribution in [0.1, 0.15) is 16.7 Å². The number of halogens is 2. The summed E-state index contributed by atoms with van der Waals surface area (Å²) >= 11 is 0. The fraction of sp³-hybridized carbons (Fsp3) is 0.200. The van der Waals surface area contributed by atoms with Crippen LogP contribution in [0.15, 0.2) is 42.0 Å². The zero-order chi connectivity index (χ0) is 20.0. The zero-order valence-electron chi connectivity index (χ0n) is 15.0. The molecule has 0 bridgehead atoms. The highest BCUT2D eigenvalue weighted by Gasteiger charge is 2.17. The van der Waals surface area contributed by atoms with Crippen molar-refractivity contribution in [1.29, 1.82) is 5.26 Å². The van der Waals surface area contributed by atoms with Crippen molar-refractivity contribution in [2.75, 3.05) is 12.4 Å². The molecule has 0 atom stereocenters. The molecule has 7 heteroatoms. The number of carbonyl (C=O) groups is 1. The maximum absolute atomic E-state index is 12.7. The Hall–Kier alpha value is -3.40. The van der Waals surface area contributed by atoms with Crippen LogP contribution in [0.3, 0.4) is 0 Å². The van der Waals surface area contributed by atoms with Crippen molar-refractivity contribution >= 4 is 17.7 Å². The molecule has 0 heterocycles. The van der Waals surface area contributed by atoms with E-state index in [-0.39, 0.29) is 22.6 Å². The monoisotopic (exact) mass is 372 g/mol. The Morgan fingerprint density at radius 3 is 2.56 bits per heavy atom. The topological polar surface area (TPSA) is 71.3 Å². The summed E-state index contributed by atoms with van der Waals surface area (Å²) in [6.45, 7) is 0.758. The number of nitrogens with one attached hydrogen (secondary N) is 1. The number of nitrogens with zero attached hydrogens (tertiary/aromatic N) is 1. The first-order chi connectivity index (χ1) is 12.8. The van der Waals surface area contributed by atoms with Gasteiger partial charge < -0.3 is 14.8 Å². The molecule has 1 N–H and O–H groups in total. The Balaban J connectivity index is 2.36. The largest absolute Gasteiger partial charge is 0.493 e. The quantitative estimate of drug-likeness (QED) is 0.600. The van der Waals surface area contributed by atoms with Crippen LogP contribution in [0.25, 0.3) is 6.08 Å². The average molecular weight is 372 g/mol. The van der Waals surface area contributed by atoms with Gasteiger partial charge in [0.2, 0.25) is 0 Å². The maximum Gasteiger partial charge on any atom is 0.387 e. The summed E-state index contributed by atoms with van der Waals surface area (Å²) in [6, 6.07) is 11.5. The minimum absolute atomic E-state index is 0.0657. The van der Waals surface area contributed by atoms with Crippen LogP contribution in [0.5, 0.6) is 11.5 Å². The van der Waals surface area contributed by atoms with Gasteiger partial charge in [0.1, 0.15) is 11.6 Å². The van der Waals surface area contributed by atoms with E-state index in [9.17, 15) is 18.8 Å². The Bertz CT molecular complexity index is 918. The molecule has 0 aliphatic rings. The van der Waals surface area contributed by atoms with Crippen LogP contribution in [0, 0.1) is 25.2 Å². The number of nitriles is 1. The number of amides is 1. The van der Waals surface area contributed by atoms with Crippen molar-refractivity contribution in [2.24, 2.45) is 0 Å². The van der Waals surface area contributed by atoms with Gasteiger partial charge in [0.25, 0.3) is 5.91 Å². The van der Waals surface area contributed by atoms with Gasteiger partial charge in [0.05, 0.1) is 7.11 Å². The lowest BCUT2D eigenvalue weighted by Crippen LogP contribution is -2.14. The second kappa shape index (κ2) is 8.81. The van der Waals surface area contributed by atoms with E-state index < -0.39 is 12.5 Å². The Labute approximate surface area is 155 Å². The van der Waals surface area contributed by atoms with E-state index in [1.807, 2.05) is 19.9 Å². The lowest BCUT2D eigenvalue weighted by Gasteiger charge is -2.13. The molecule has 2 aromatic carbocycles. The number of methoxy groups -OCH3 is 1.